The number of fused-ring (bicyclic) bond motifs is 2. The number of hydrogen-bond acceptors (Lipinski definition) is 12. The molecule has 1 aliphatic heterocycles. The molecular formula is C47H53N13O8. The number of aromatic nitrogens is 8. The van der Waals surface area contributed by atoms with Gasteiger partial charge in [0, 0.05) is 56.3 Å². The molecule has 0 bridgehead atoms. The largest absolute Gasteiger partial charge is 0.494 e. The summed E-state index contributed by atoms with van der Waals surface area (Å²) >= 11 is 0. The highest BCUT2D eigenvalue weighted by molar-refractivity contribution is 6.05. The van der Waals surface area contributed by atoms with Gasteiger partial charge in [0.1, 0.15) is 46.6 Å². The van der Waals surface area contributed by atoms with E-state index in [0.29, 0.717) is 89.6 Å². The Kier molecular flexibility index (Phi) is 13.5. The summed E-state index contributed by atoms with van der Waals surface area (Å²) in [6.45, 7) is 9.57. The number of allylic oxidation sites excluding steroid dienone is 2. The Labute approximate surface area is 390 Å². The van der Waals surface area contributed by atoms with E-state index in [4.69, 9.17) is 35.6 Å². The second-order valence-electron chi connectivity index (χ2n) is 16.5. The maximum atomic E-state index is 13.9. The Morgan fingerprint density at radius 3 is 1.71 bits per heavy atom. The van der Waals surface area contributed by atoms with Gasteiger partial charge in [0.2, 0.25) is 23.7 Å². The predicted molar refractivity (Wildman–Crippen MR) is 250 cm³/mol. The Morgan fingerprint density at radius 1 is 0.735 bits per heavy atom. The van der Waals surface area contributed by atoms with E-state index >= 15 is 0 Å². The van der Waals surface area contributed by atoms with E-state index in [-0.39, 0.29) is 66.6 Å². The number of imidazole rings is 2. The first-order chi connectivity index (χ1) is 32.7. The third-order valence-corrected chi connectivity index (χ3v) is 11.6. The predicted octanol–water partition coefficient (Wildman–Crippen LogP) is 4.80. The zero-order valence-electron chi connectivity index (χ0n) is 38.5. The smallest absolute Gasteiger partial charge is 0.410 e. The highest BCUT2D eigenvalue weighted by Gasteiger charge is 2.30. The molecule has 354 valence electrons. The van der Waals surface area contributed by atoms with Crippen LogP contribution in [0.2, 0.25) is 0 Å². The third kappa shape index (κ3) is 9.98. The lowest BCUT2D eigenvalue weighted by Gasteiger charge is -2.29. The number of nitrogens with two attached hydrogens (primary N) is 2. The number of ether oxygens (including phenoxy) is 3. The SMILES string of the molecule is CCn1nc(C)cc1C(=O)Nc1nc2cc(C(N)=O)cc(OC)c2n1C/C=C/Cn1c(NC(=O)c2cc(C)nn2CC)nc2cc(C(N)=O)cc(OCC#CC3CCN(C(=O)OC4CC4)CC3)c21. The van der Waals surface area contributed by atoms with Gasteiger partial charge < -0.3 is 39.7 Å². The molecular weight excluding hydrogens is 875 g/mol. The summed E-state index contributed by atoms with van der Waals surface area (Å²) in [5.41, 5.74) is 15.3. The molecule has 1 aliphatic carbocycles. The summed E-state index contributed by atoms with van der Waals surface area (Å²) in [6.07, 6.45) is 6.65. The second kappa shape index (κ2) is 19.8. The van der Waals surface area contributed by atoms with Crippen LogP contribution in [0.15, 0.2) is 48.6 Å². The van der Waals surface area contributed by atoms with Crippen molar-refractivity contribution in [1.29, 1.82) is 0 Å². The van der Waals surface area contributed by atoms with Crippen LogP contribution in [-0.2, 0) is 30.9 Å². The van der Waals surface area contributed by atoms with E-state index in [2.05, 4.69) is 32.7 Å². The summed E-state index contributed by atoms with van der Waals surface area (Å²) < 4.78 is 24.1. The summed E-state index contributed by atoms with van der Waals surface area (Å²) in [6, 6.07) is 9.44. The number of methoxy groups -OCH3 is 1. The van der Waals surface area contributed by atoms with Gasteiger partial charge in [-0.05, 0) is 89.8 Å². The molecule has 21 nitrogen and oxygen atoms in total. The molecule has 2 aromatic carbocycles. The molecule has 1 saturated carbocycles. The number of nitrogens with one attached hydrogen (secondary N) is 2. The highest BCUT2D eigenvalue weighted by atomic mass is 16.6. The summed E-state index contributed by atoms with van der Waals surface area (Å²) in [5, 5.41) is 14.7. The van der Waals surface area contributed by atoms with Crippen LogP contribution < -0.4 is 31.6 Å². The maximum absolute atomic E-state index is 13.9. The molecule has 68 heavy (non-hydrogen) atoms. The molecule has 0 spiro atoms. The molecule has 2 fully saturated rings. The molecule has 0 unspecified atom stereocenters. The Morgan fingerprint density at radius 2 is 1.24 bits per heavy atom. The molecule has 8 rings (SSSR count). The van der Waals surface area contributed by atoms with Crippen molar-refractivity contribution in [3.05, 3.63) is 82.5 Å². The zero-order chi connectivity index (χ0) is 48.2. The Balaban J connectivity index is 1.11. The number of nitrogens with zero attached hydrogens (tertiary/aromatic N) is 9. The van der Waals surface area contributed by atoms with E-state index in [9.17, 15) is 24.0 Å². The van der Waals surface area contributed by atoms with Crippen LogP contribution in [0.5, 0.6) is 11.5 Å². The minimum absolute atomic E-state index is 0.0426. The van der Waals surface area contributed by atoms with Gasteiger partial charge in [0.15, 0.2) is 0 Å². The lowest BCUT2D eigenvalue weighted by molar-refractivity contribution is 0.0855. The van der Waals surface area contributed by atoms with Crippen molar-refractivity contribution in [1.82, 2.24) is 43.6 Å². The van der Waals surface area contributed by atoms with E-state index in [1.165, 1.54) is 31.4 Å². The first-order valence-electron chi connectivity index (χ1n) is 22.4. The molecule has 5 amide bonds. The van der Waals surface area contributed by atoms with E-state index in [1.807, 2.05) is 26.0 Å². The van der Waals surface area contributed by atoms with Crippen LogP contribution in [0.3, 0.4) is 0 Å². The normalized spacial score (nSPS) is 14.0. The monoisotopic (exact) mass is 927 g/mol. The fourth-order valence-corrected chi connectivity index (χ4v) is 8.10. The molecule has 0 radical (unpaired) electrons. The zero-order valence-corrected chi connectivity index (χ0v) is 38.5. The number of hydrogen-bond donors (Lipinski definition) is 4. The number of likely N-dealkylation sites (tertiary alicyclic amines) is 1. The number of amides is 5. The van der Waals surface area contributed by atoms with Crippen molar-refractivity contribution in [3.63, 3.8) is 0 Å². The molecule has 5 heterocycles. The average Bonchev–Trinajstić information content (AvgIpc) is 3.58. The highest BCUT2D eigenvalue weighted by Crippen LogP contribution is 2.33. The second-order valence-corrected chi connectivity index (χ2v) is 16.5. The van der Waals surface area contributed by atoms with Gasteiger partial charge in [-0.2, -0.15) is 10.2 Å². The van der Waals surface area contributed by atoms with Gasteiger partial charge in [0.05, 0.1) is 29.5 Å². The number of rotatable bonds is 16. The first-order valence-corrected chi connectivity index (χ1v) is 22.4. The summed E-state index contributed by atoms with van der Waals surface area (Å²) in [5.74, 6) is 4.99. The lowest BCUT2D eigenvalue weighted by atomic mass is 9.98. The topological polar surface area (TPSA) is 264 Å². The van der Waals surface area contributed by atoms with E-state index < -0.39 is 23.6 Å². The molecule has 4 aromatic heterocycles. The molecule has 6 N–H and O–H groups in total. The van der Waals surface area contributed by atoms with E-state index in [0.717, 1.165) is 12.8 Å². The number of benzene rings is 2. The number of piperidine rings is 1. The molecule has 2 aliphatic rings. The van der Waals surface area contributed by atoms with Crippen LogP contribution in [-0.4, -0.2) is 106 Å². The van der Waals surface area contributed by atoms with Crippen LogP contribution in [0.25, 0.3) is 22.1 Å². The van der Waals surface area contributed by atoms with Gasteiger partial charge in [-0.25, -0.2) is 14.8 Å². The number of carbonyl (C=O) groups is 5. The van der Waals surface area contributed by atoms with Crippen molar-refractivity contribution in [2.75, 3.05) is 37.4 Å². The van der Waals surface area contributed by atoms with Gasteiger partial charge in [-0.1, -0.05) is 24.0 Å². The minimum atomic E-state index is -0.708. The first kappa shape index (κ1) is 46.4. The van der Waals surface area contributed by atoms with Gasteiger partial charge in [-0.15, -0.1) is 0 Å². The van der Waals surface area contributed by atoms with E-state index in [1.54, 1.807) is 49.4 Å². The van der Waals surface area contributed by atoms with Gasteiger partial charge in [-0.3, -0.25) is 39.2 Å². The molecule has 1 saturated heterocycles. The fraction of sp³-hybridized carbons (Fsp3) is 0.383. The van der Waals surface area contributed by atoms with Crippen molar-refractivity contribution in [2.45, 2.75) is 85.7 Å². The van der Waals surface area contributed by atoms with Crippen LogP contribution >= 0.6 is 0 Å². The molecule has 6 aromatic rings. The molecule has 0 atom stereocenters. The Bertz CT molecular complexity index is 3040. The van der Waals surface area contributed by atoms with Crippen LogP contribution in [0.1, 0.15) is 92.6 Å². The standard InChI is InChI=1S/C47H53N13O8/c1-6-59-35(21-27(3)54-59)43(63)52-45-50-33-23-30(41(48)61)25-37(66-5)39(33)57(45)16-8-9-17-58-40-34(51-46(58)53-44(64)36-22-28(4)55-60(36)7-2)24-31(42(49)62)26-38(40)67-20-10-11-29-14-18-56(19-15-29)47(65)68-32-12-13-32/h8-9,21-26,29,32H,6-7,12-20H2,1-5H3,(H2,48,61)(H2,49,62)(H,50,52,63)(H,51,53,64)/b9-8+. The van der Waals surface area contributed by atoms with Crippen molar-refractivity contribution in [2.24, 2.45) is 17.4 Å². The fourth-order valence-electron chi connectivity index (χ4n) is 8.10. The third-order valence-electron chi connectivity index (χ3n) is 11.6. The van der Waals surface area contributed by atoms with Crippen molar-refractivity contribution < 1.29 is 38.2 Å². The number of carbonyl (C=O) groups excluding carboxylic acids is 5. The van der Waals surface area contributed by atoms with Crippen LogP contribution in [0.4, 0.5) is 16.7 Å². The molecule has 21 heteroatoms. The summed E-state index contributed by atoms with van der Waals surface area (Å²) in [7, 11) is 1.45. The quantitative estimate of drug-likeness (QED) is 0.0754. The minimum Gasteiger partial charge on any atom is -0.494 e. The Hall–Kier alpha value is -8.15. The maximum Gasteiger partial charge on any atom is 0.410 e. The van der Waals surface area contributed by atoms with Crippen molar-refractivity contribution >= 4 is 63.7 Å². The van der Waals surface area contributed by atoms with Gasteiger partial charge >= 0.3 is 6.09 Å². The number of anilines is 2. The number of aryl methyl sites for hydroxylation is 4. The van der Waals surface area contributed by atoms with Gasteiger partial charge in [0.25, 0.3) is 11.8 Å². The lowest BCUT2D eigenvalue weighted by Crippen LogP contribution is -2.38. The average molecular weight is 928 g/mol. The van der Waals surface area contributed by atoms with Crippen LogP contribution in [0, 0.1) is 31.6 Å². The number of primary amides is 2. The summed E-state index contributed by atoms with van der Waals surface area (Å²) in [4.78, 5) is 76.1. The van der Waals surface area contributed by atoms with Crippen molar-refractivity contribution in [3.8, 4) is 23.3 Å².